The third-order valence-corrected chi connectivity index (χ3v) is 5.99. The Labute approximate surface area is 132 Å². The Morgan fingerprint density at radius 1 is 1.04 bits per heavy atom. The van der Waals surface area contributed by atoms with Crippen LogP contribution in [0.5, 0.6) is 0 Å². The number of rotatable bonds is 3. The first kappa shape index (κ1) is 16.7. The second-order valence-corrected chi connectivity index (χ2v) is 7.32. The smallest absolute Gasteiger partial charge is 0.246 e. The van der Waals surface area contributed by atoms with Crippen LogP contribution >= 0.6 is 0 Å². The summed E-state index contributed by atoms with van der Waals surface area (Å²) in [4.78, 5) is -0.874. The van der Waals surface area contributed by atoms with E-state index in [2.05, 4.69) is 0 Å². The van der Waals surface area contributed by atoms with Gasteiger partial charge in [-0.1, -0.05) is 6.42 Å². The number of hydrogen-bond acceptors (Lipinski definition) is 4. The average Bonchev–Trinajstić information content (AvgIpc) is 3.07. The van der Waals surface area contributed by atoms with E-state index in [0.29, 0.717) is 32.1 Å². The molecule has 5 nitrogen and oxygen atoms in total. The van der Waals surface area contributed by atoms with Gasteiger partial charge < -0.3 is 9.47 Å². The van der Waals surface area contributed by atoms with E-state index < -0.39 is 44.7 Å². The van der Waals surface area contributed by atoms with Crippen molar-refractivity contribution in [2.24, 2.45) is 0 Å². The van der Waals surface area contributed by atoms with Crippen molar-refractivity contribution >= 4 is 10.0 Å². The van der Waals surface area contributed by atoms with Crippen molar-refractivity contribution in [1.82, 2.24) is 4.31 Å². The van der Waals surface area contributed by atoms with E-state index >= 15 is 0 Å². The molecular formula is C14H16F3NO4S. The van der Waals surface area contributed by atoms with Crippen LogP contribution in [0.4, 0.5) is 13.2 Å². The predicted octanol–water partition coefficient (Wildman–Crippen LogP) is 2.02. The molecule has 2 heterocycles. The molecule has 1 aromatic carbocycles. The molecule has 2 aliphatic heterocycles. The number of sulfonamides is 1. The molecule has 1 atom stereocenters. The summed E-state index contributed by atoms with van der Waals surface area (Å²) in [6.45, 7) is 0.859. The minimum absolute atomic E-state index is 0.147. The molecule has 2 fully saturated rings. The highest BCUT2D eigenvalue weighted by Crippen LogP contribution is 2.31. The summed E-state index contributed by atoms with van der Waals surface area (Å²) in [6, 6.07) is 0.738. The van der Waals surface area contributed by atoms with Gasteiger partial charge in [-0.15, -0.1) is 0 Å². The maximum Gasteiger partial charge on any atom is 0.246 e. The summed E-state index contributed by atoms with van der Waals surface area (Å²) in [5, 5.41) is 0. The molecule has 0 amide bonds. The van der Waals surface area contributed by atoms with Gasteiger partial charge in [-0.2, -0.15) is 4.31 Å². The Balaban J connectivity index is 1.98. The van der Waals surface area contributed by atoms with E-state index in [9.17, 15) is 21.6 Å². The van der Waals surface area contributed by atoms with Gasteiger partial charge in [0, 0.05) is 6.54 Å². The van der Waals surface area contributed by atoms with Crippen LogP contribution in [0.25, 0.3) is 0 Å². The maximum absolute atomic E-state index is 13.9. The van der Waals surface area contributed by atoms with E-state index in [0.717, 1.165) is 16.8 Å². The molecule has 3 rings (SSSR count). The number of ether oxygens (including phenoxy) is 2. The molecule has 0 N–H and O–H groups in total. The van der Waals surface area contributed by atoms with E-state index in [1.54, 1.807) is 0 Å². The van der Waals surface area contributed by atoms with Gasteiger partial charge in [0.15, 0.2) is 23.7 Å². The van der Waals surface area contributed by atoms with E-state index in [4.69, 9.17) is 9.47 Å². The lowest BCUT2D eigenvalue weighted by molar-refractivity contribution is -0.0913. The van der Waals surface area contributed by atoms with Crippen LogP contribution in [-0.2, 0) is 19.5 Å². The molecule has 2 aliphatic rings. The average molecular weight is 351 g/mol. The minimum atomic E-state index is -4.33. The maximum atomic E-state index is 13.9. The van der Waals surface area contributed by atoms with Gasteiger partial charge in [0.05, 0.1) is 19.3 Å². The number of hydrogen-bond donors (Lipinski definition) is 0. The molecule has 0 spiro atoms. The fourth-order valence-corrected chi connectivity index (χ4v) is 4.67. The van der Waals surface area contributed by atoms with Gasteiger partial charge in [-0.3, -0.25) is 0 Å². The zero-order valence-corrected chi connectivity index (χ0v) is 13.0. The summed E-state index contributed by atoms with van der Waals surface area (Å²) in [5.41, 5.74) is 0. The summed E-state index contributed by atoms with van der Waals surface area (Å²) < 4.78 is 77.6. The Morgan fingerprint density at radius 2 is 1.74 bits per heavy atom. The van der Waals surface area contributed by atoms with Crippen LogP contribution in [0.3, 0.4) is 0 Å². The highest BCUT2D eigenvalue weighted by molar-refractivity contribution is 7.89. The largest absolute Gasteiger partial charge is 0.349 e. The van der Waals surface area contributed by atoms with Crippen molar-refractivity contribution < 1.29 is 31.1 Å². The van der Waals surface area contributed by atoms with Gasteiger partial charge >= 0.3 is 0 Å². The van der Waals surface area contributed by atoms with E-state index in [-0.39, 0.29) is 6.54 Å². The van der Waals surface area contributed by atoms with Crippen LogP contribution < -0.4 is 0 Å². The quantitative estimate of drug-likeness (QED) is 0.782. The standard InChI is InChI=1S/C14H16F3NO4S/c15-9-4-5-11(13(17)12(9)16)23(19,20)18-6-2-1-3-10(18)14-21-7-8-22-14/h4-5,10,14H,1-3,6-8H2. The third-order valence-electron chi connectivity index (χ3n) is 4.05. The number of piperidine rings is 1. The second-order valence-electron chi connectivity index (χ2n) is 5.46. The Bertz CT molecular complexity index is 692. The first-order valence-electron chi connectivity index (χ1n) is 7.31. The molecule has 0 bridgehead atoms. The Hall–Kier alpha value is -1.16. The molecular weight excluding hydrogens is 335 g/mol. The van der Waals surface area contributed by atoms with Crippen LogP contribution in [-0.4, -0.2) is 44.8 Å². The van der Waals surface area contributed by atoms with Crippen LogP contribution in [0.1, 0.15) is 19.3 Å². The van der Waals surface area contributed by atoms with Crippen molar-refractivity contribution in [2.45, 2.75) is 36.5 Å². The fourth-order valence-electron chi connectivity index (χ4n) is 2.93. The summed E-state index contributed by atoms with van der Waals surface area (Å²) in [5.74, 6) is -4.94. The molecule has 0 saturated carbocycles. The van der Waals surface area contributed by atoms with Crippen LogP contribution in [0, 0.1) is 17.5 Å². The molecule has 9 heteroatoms. The summed E-state index contributed by atoms with van der Waals surface area (Å²) >= 11 is 0. The topological polar surface area (TPSA) is 55.8 Å². The monoisotopic (exact) mass is 351 g/mol. The molecule has 2 saturated heterocycles. The molecule has 128 valence electrons. The zero-order chi connectivity index (χ0) is 16.6. The minimum Gasteiger partial charge on any atom is -0.349 e. The highest BCUT2D eigenvalue weighted by atomic mass is 32.2. The van der Waals surface area contributed by atoms with E-state index in [1.165, 1.54) is 0 Å². The predicted molar refractivity (Wildman–Crippen MR) is 73.5 cm³/mol. The molecule has 1 aromatic rings. The normalized spacial score (nSPS) is 24.2. The SMILES string of the molecule is O=S(=O)(c1ccc(F)c(F)c1F)N1CCCCC1C1OCCO1. The second kappa shape index (κ2) is 6.39. The molecule has 0 aliphatic carbocycles. The van der Waals surface area contributed by atoms with Gasteiger partial charge in [0.25, 0.3) is 0 Å². The first-order chi connectivity index (χ1) is 10.9. The number of halogens is 3. The van der Waals surface area contributed by atoms with Crippen LogP contribution in [0.2, 0.25) is 0 Å². The van der Waals surface area contributed by atoms with Gasteiger partial charge in [0.2, 0.25) is 10.0 Å². The lowest BCUT2D eigenvalue weighted by Crippen LogP contribution is -2.50. The number of benzene rings is 1. The molecule has 0 aromatic heterocycles. The van der Waals surface area contributed by atoms with Gasteiger partial charge in [0.1, 0.15) is 4.90 Å². The molecule has 0 radical (unpaired) electrons. The first-order valence-corrected chi connectivity index (χ1v) is 8.75. The summed E-state index contributed by atoms with van der Waals surface area (Å²) in [7, 11) is -4.33. The van der Waals surface area contributed by atoms with E-state index in [1.807, 2.05) is 0 Å². The third kappa shape index (κ3) is 2.98. The fraction of sp³-hybridized carbons (Fsp3) is 0.571. The van der Waals surface area contributed by atoms with Gasteiger partial charge in [-0.05, 0) is 25.0 Å². The van der Waals surface area contributed by atoms with Crippen molar-refractivity contribution in [3.8, 4) is 0 Å². The van der Waals surface area contributed by atoms with Crippen molar-refractivity contribution in [3.05, 3.63) is 29.6 Å². The molecule has 1 unspecified atom stereocenters. The molecule has 23 heavy (non-hydrogen) atoms. The number of nitrogens with zero attached hydrogens (tertiary/aromatic N) is 1. The lowest BCUT2D eigenvalue weighted by atomic mass is 10.0. The lowest BCUT2D eigenvalue weighted by Gasteiger charge is -2.36. The zero-order valence-electron chi connectivity index (χ0n) is 12.2. The Morgan fingerprint density at radius 3 is 2.43 bits per heavy atom. The van der Waals surface area contributed by atoms with Crippen molar-refractivity contribution in [3.63, 3.8) is 0 Å². The van der Waals surface area contributed by atoms with Gasteiger partial charge in [-0.25, -0.2) is 21.6 Å². The highest BCUT2D eigenvalue weighted by Gasteiger charge is 2.41. The van der Waals surface area contributed by atoms with Crippen LogP contribution in [0.15, 0.2) is 17.0 Å². The summed E-state index contributed by atoms with van der Waals surface area (Å²) in [6.07, 6.45) is 1.14. The van der Waals surface area contributed by atoms with Crippen molar-refractivity contribution in [2.75, 3.05) is 19.8 Å². The Kier molecular flexibility index (Phi) is 4.63. The van der Waals surface area contributed by atoms with Crippen molar-refractivity contribution in [1.29, 1.82) is 0 Å².